The molecular formula is C28H31N5O3. The largest absolute Gasteiger partial charge is 0.388 e. The third kappa shape index (κ3) is 4.68. The average Bonchev–Trinajstić information content (AvgIpc) is 3.24. The molecule has 2 aromatic heterocycles. The molecule has 1 aliphatic heterocycles. The molecule has 0 saturated carbocycles. The highest BCUT2D eigenvalue weighted by atomic mass is 16.3. The molecule has 1 fully saturated rings. The zero-order valence-electron chi connectivity index (χ0n) is 20.7. The normalized spacial score (nSPS) is 16.2. The molecule has 1 atom stereocenters. The van der Waals surface area contributed by atoms with Crippen molar-refractivity contribution >= 4 is 17.1 Å². The number of carbonyl (C=O) groups is 1. The summed E-state index contributed by atoms with van der Waals surface area (Å²) in [6.07, 6.45) is 2.73. The third-order valence-corrected chi connectivity index (χ3v) is 7.24. The number of aryl methyl sites for hydroxylation is 1. The van der Waals surface area contributed by atoms with Crippen molar-refractivity contribution in [1.82, 2.24) is 24.0 Å². The molecule has 4 aromatic rings. The van der Waals surface area contributed by atoms with Crippen molar-refractivity contribution in [2.75, 3.05) is 13.1 Å². The van der Waals surface area contributed by atoms with Crippen LogP contribution in [0.2, 0.25) is 0 Å². The molecule has 0 aliphatic carbocycles. The number of likely N-dealkylation sites (tertiary alicyclic amines) is 1. The number of aliphatic hydroxyl groups is 1. The molecule has 0 unspecified atom stereocenters. The summed E-state index contributed by atoms with van der Waals surface area (Å²) in [5.41, 5.74) is 1.48. The molecule has 0 bridgehead atoms. The molecule has 186 valence electrons. The highest BCUT2D eigenvalue weighted by Gasteiger charge is 2.35. The minimum absolute atomic E-state index is 0.0931. The second kappa shape index (κ2) is 9.70. The summed E-state index contributed by atoms with van der Waals surface area (Å²) in [5.74, 6) is 0.897. The van der Waals surface area contributed by atoms with Crippen LogP contribution >= 0.6 is 0 Å². The number of piperidine rings is 1. The van der Waals surface area contributed by atoms with Gasteiger partial charge in [-0.25, -0.2) is 9.97 Å². The summed E-state index contributed by atoms with van der Waals surface area (Å²) in [6.45, 7) is 3.10. The van der Waals surface area contributed by atoms with Crippen LogP contribution in [-0.2, 0) is 18.4 Å². The summed E-state index contributed by atoms with van der Waals surface area (Å²) in [7, 11) is 1.84. The van der Waals surface area contributed by atoms with Crippen LogP contribution in [0, 0.1) is 0 Å². The molecule has 8 nitrogen and oxygen atoms in total. The number of rotatable bonds is 6. The highest BCUT2D eigenvalue weighted by molar-refractivity contribution is 5.77. The summed E-state index contributed by atoms with van der Waals surface area (Å²) >= 11 is 0. The van der Waals surface area contributed by atoms with E-state index in [-0.39, 0.29) is 29.4 Å². The minimum Gasteiger partial charge on any atom is -0.388 e. The van der Waals surface area contributed by atoms with E-state index < -0.39 is 5.60 Å². The summed E-state index contributed by atoms with van der Waals surface area (Å²) in [5, 5.41) is 11.3. The highest BCUT2D eigenvalue weighted by Crippen LogP contribution is 2.27. The van der Waals surface area contributed by atoms with Gasteiger partial charge in [0.05, 0.1) is 12.1 Å². The number of hydrogen-bond donors (Lipinski definition) is 1. The number of nitrogens with zero attached hydrogens (tertiary/aromatic N) is 5. The third-order valence-electron chi connectivity index (χ3n) is 7.24. The van der Waals surface area contributed by atoms with Gasteiger partial charge in [0, 0.05) is 32.1 Å². The first-order chi connectivity index (χ1) is 17.3. The molecule has 2 aromatic carbocycles. The van der Waals surface area contributed by atoms with Crippen molar-refractivity contribution in [2.24, 2.45) is 7.05 Å². The van der Waals surface area contributed by atoms with Crippen molar-refractivity contribution in [2.45, 2.75) is 44.2 Å². The van der Waals surface area contributed by atoms with Gasteiger partial charge in [-0.3, -0.25) is 14.2 Å². The first-order valence-corrected chi connectivity index (χ1v) is 12.4. The van der Waals surface area contributed by atoms with Gasteiger partial charge in [0.25, 0.3) is 5.56 Å². The van der Waals surface area contributed by atoms with Crippen LogP contribution in [0.25, 0.3) is 22.6 Å². The lowest BCUT2D eigenvalue weighted by molar-refractivity contribution is -0.136. The molecule has 8 heteroatoms. The number of hydrogen-bond acceptors (Lipinski definition) is 5. The van der Waals surface area contributed by atoms with E-state index in [2.05, 4.69) is 16.9 Å². The van der Waals surface area contributed by atoms with E-state index in [0.29, 0.717) is 43.8 Å². The summed E-state index contributed by atoms with van der Waals surface area (Å²) in [4.78, 5) is 37.0. The summed E-state index contributed by atoms with van der Waals surface area (Å²) < 4.78 is 3.25. The lowest BCUT2D eigenvalue weighted by Crippen LogP contribution is -2.49. The van der Waals surface area contributed by atoms with Gasteiger partial charge in [-0.1, -0.05) is 67.6 Å². The van der Waals surface area contributed by atoms with Crippen molar-refractivity contribution in [3.8, 4) is 11.4 Å². The van der Waals surface area contributed by atoms with E-state index in [1.165, 1.54) is 10.9 Å². The van der Waals surface area contributed by atoms with Gasteiger partial charge in [0.1, 0.15) is 12.2 Å². The Morgan fingerprint density at radius 1 is 1.06 bits per heavy atom. The van der Waals surface area contributed by atoms with Gasteiger partial charge in [-0.15, -0.1) is 0 Å². The van der Waals surface area contributed by atoms with E-state index >= 15 is 0 Å². The minimum atomic E-state index is -1.09. The molecule has 5 rings (SSSR count). The van der Waals surface area contributed by atoms with Gasteiger partial charge < -0.3 is 14.6 Å². The molecule has 1 amide bonds. The van der Waals surface area contributed by atoms with Gasteiger partial charge in [-0.05, 0) is 24.3 Å². The molecular weight excluding hydrogens is 454 g/mol. The number of imidazole rings is 1. The fourth-order valence-electron chi connectivity index (χ4n) is 4.99. The lowest BCUT2D eigenvalue weighted by Gasteiger charge is -2.38. The van der Waals surface area contributed by atoms with Gasteiger partial charge in [0.2, 0.25) is 5.91 Å². The first kappa shape index (κ1) is 23.9. The maximum Gasteiger partial charge on any atom is 0.281 e. The summed E-state index contributed by atoms with van der Waals surface area (Å²) in [6, 6.07) is 19.7. The molecule has 0 spiro atoms. The van der Waals surface area contributed by atoms with Crippen molar-refractivity contribution in [3.05, 3.63) is 82.9 Å². The van der Waals surface area contributed by atoms with Crippen LogP contribution in [0.1, 0.15) is 37.7 Å². The predicted octanol–water partition coefficient (Wildman–Crippen LogP) is 3.34. The number of aromatic nitrogens is 4. The van der Waals surface area contributed by atoms with Gasteiger partial charge >= 0.3 is 0 Å². The van der Waals surface area contributed by atoms with Crippen LogP contribution < -0.4 is 5.56 Å². The Labute approximate surface area is 209 Å². The van der Waals surface area contributed by atoms with Gasteiger partial charge in [0.15, 0.2) is 11.2 Å². The Hall–Kier alpha value is -3.78. The topological polar surface area (TPSA) is 93.2 Å². The maximum atomic E-state index is 13.2. The van der Waals surface area contributed by atoms with Crippen LogP contribution in [0.4, 0.5) is 0 Å². The molecule has 1 N–H and O–H groups in total. The van der Waals surface area contributed by atoms with Crippen molar-refractivity contribution in [3.63, 3.8) is 0 Å². The number of benzene rings is 2. The SMILES string of the molecule is C[C@H](CC(=O)N1CCC(O)(Cn2cnc3c(nc(-c4ccccc4)n3C)c2=O)CC1)c1ccccc1. The smallest absolute Gasteiger partial charge is 0.281 e. The zero-order chi connectivity index (χ0) is 25.3. The van der Waals surface area contributed by atoms with Crippen molar-refractivity contribution < 1.29 is 9.90 Å². The molecule has 1 aliphatic rings. The number of carbonyl (C=O) groups excluding carboxylic acids is 1. The maximum absolute atomic E-state index is 13.2. The number of amides is 1. The Balaban J connectivity index is 1.27. The Morgan fingerprint density at radius 3 is 2.36 bits per heavy atom. The Morgan fingerprint density at radius 2 is 1.69 bits per heavy atom. The van der Waals surface area contributed by atoms with E-state index in [4.69, 9.17) is 0 Å². The molecule has 3 heterocycles. The van der Waals surface area contributed by atoms with Crippen molar-refractivity contribution in [1.29, 1.82) is 0 Å². The van der Waals surface area contributed by atoms with Gasteiger partial charge in [-0.2, -0.15) is 0 Å². The predicted molar refractivity (Wildman–Crippen MR) is 138 cm³/mol. The van der Waals surface area contributed by atoms with Crippen LogP contribution in [0.5, 0.6) is 0 Å². The fraction of sp³-hybridized carbons (Fsp3) is 0.357. The monoisotopic (exact) mass is 485 g/mol. The van der Waals surface area contributed by atoms with E-state index in [1.807, 2.05) is 77.2 Å². The van der Waals surface area contributed by atoms with Crippen LogP contribution in [0.15, 0.2) is 71.8 Å². The molecule has 1 saturated heterocycles. The van der Waals surface area contributed by atoms with E-state index in [0.717, 1.165) is 11.1 Å². The van der Waals surface area contributed by atoms with E-state index in [1.54, 1.807) is 0 Å². The quantitative estimate of drug-likeness (QED) is 0.452. The van der Waals surface area contributed by atoms with Crippen LogP contribution in [-0.4, -0.2) is 53.7 Å². The molecule has 0 radical (unpaired) electrons. The average molecular weight is 486 g/mol. The number of fused-ring (bicyclic) bond motifs is 1. The van der Waals surface area contributed by atoms with Crippen LogP contribution in [0.3, 0.4) is 0 Å². The Kier molecular flexibility index (Phi) is 6.45. The second-order valence-electron chi connectivity index (χ2n) is 9.83. The standard InChI is InChI=1S/C28H31N5O3/c1-20(21-9-5-3-6-10-21)17-23(34)32-15-13-28(36,14-16-32)18-33-19-29-26-24(27(33)35)30-25(31(26)2)22-11-7-4-8-12-22/h3-12,19-20,36H,13-18H2,1-2H3/t20-/m1/s1. The first-order valence-electron chi connectivity index (χ1n) is 12.4. The Bertz CT molecular complexity index is 1420. The molecule has 36 heavy (non-hydrogen) atoms. The lowest BCUT2D eigenvalue weighted by atomic mass is 9.90. The second-order valence-corrected chi connectivity index (χ2v) is 9.83. The fourth-order valence-corrected chi connectivity index (χ4v) is 4.99. The van der Waals surface area contributed by atoms with E-state index in [9.17, 15) is 14.7 Å². The zero-order valence-corrected chi connectivity index (χ0v) is 20.7.